The molecule has 0 saturated heterocycles. The zero-order chi connectivity index (χ0) is 18.0. The van der Waals surface area contributed by atoms with E-state index in [1.165, 1.54) is 6.92 Å². The fourth-order valence-electron chi connectivity index (χ4n) is 2.48. The maximum atomic E-state index is 12.3. The number of nitrogens with one attached hydrogen (secondary N) is 1. The Hall–Kier alpha value is -2.81. The summed E-state index contributed by atoms with van der Waals surface area (Å²) >= 11 is 1.08. The molecular formula is C16H15N3O5S. The number of ketones is 2. The Bertz CT molecular complexity index is 909. The molecule has 0 unspecified atom stereocenters. The first-order valence-corrected chi connectivity index (χ1v) is 8.36. The van der Waals surface area contributed by atoms with E-state index < -0.39 is 0 Å². The first-order valence-electron chi connectivity index (χ1n) is 7.38. The van der Waals surface area contributed by atoms with Crippen LogP contribution in [-0.4, -0.2) is 34.1 Å². The molecule has 0 amide bonds. The topological polar surface area (TPSA) is 124 Å². The van der Waals surface area contributed by atoms with Gasteiger partial charge in [-0.1, -0.05) is 17.8 Å². The fourth-order valence-corrected chi connectivity index (χ4v) is 3.22. The van der Waals surface area contributed by atoms with Crippen molar-refractivity contribution < 1.29 is 19.1 Å². The van der Waals surface area contributed by atoms with Crippen molar-refractivity contribution in [3.63, 3.8) is 0 Å². The molecule has 130 valence electrons. The lowest BCUT2D eigenvalue weighted by Gasteiger charge is -2.09. The standard InChI is InChI=1S/C16H15N3O5S/c1-8(20)14-9(2-3-11-15(14)24-7-23-11)4-10(21)6-25-16-18-12(17)5-13(22)19-16/h2-3,5H,4,6-7H2,1H3,(H3,17,18,19,22). The minimum absolute atomic E-state index is 0.0529. The van der Waals surface area contributed by atoms with Crippen LogP contribution in [0.5, 0.6) is 11.5 Å². The van der Waals surface area contributed by atoms with Crippen LogP contribution in [0.4, 0.5) is 5.82 Å². The molecule has 1 aliphatic heterocycles. The summed E-state index contributed by atoms with van der Waals surface area (Å²) in [5, 5.41) is 0.274. The highest BCUT2D eigenvalue weighted by atomic mass is 32.2. The summed E-state index contributed by atoms with van der Waals surface area (Å²) in [7, 11) is 0. The minimum atomic E-state index is -0.378. The van der Waals surface area contributed by atoms with E-state index in [0.717, 1.165) is 17.8 Å². The Morgan fingerprint density at radius 2 is 2.16 bits per heavy atom. The third kappa shape index (κ3) is 3.82. The van der Waals surface area contributed by atoms with Crippen molar-refractivity contribution in [2.45, 2.75) is 18.5 Å². The number of benzene rings is 1. The van der Waals surface area contributed by atoms with Crippen LogP contribution in [0.1, 0.15) is 22.8 Å². The molecule has 25 heavy (non-hydrogen) atoms. The summed E-state index contributed by atoms with van der Waals surface area (Å²) in [5.74, 6) is 0.729. The van der Waals surface area contributed by atoms with Crippen LogP contribution in [0.2, 0.25) is 0 Å². The molecule has 9 heteroatoms. The molecule has 0 bridgehead atoms. The molecule has 1 aliphatic rings. The number of H-pyrrole nitrogens is 1. The van der Waals surface area contributed by atoms with Crippen LogP contribution in [0, 0.1) is 0 Å². The molecular weight excluding hydrogens is 346 g/mol. The average Bonchev–Trinajstić information content (AvgIpc) is 3.00. The van der Waals surface area contributed by atoms with E-state index in [0.29, 0.717) is 22.6 Å². The lowest BCUT2D eigenvalue weighted by molar-refractivity contribution is -0.116. The number of aromatic nitrogens is 2. The first kappa shape index (κ1) is 17.0. The van der Waals surface area contributed by atoms with Crippen molar-refractivity contribution in [2.75, 3.05) is 18.3 Å². The average molecular weight is 361 g/mol. The Labute approximate surface area is 146 Å². The Kier molecular flexibility index (Phi) is 4.75. The Morgan fingerprint density at radius 1 is 1.36 bits per heavy atom. The van der Waals surface area contributed by atoms with E-state index in [1.54, 1.807) is 12.1 Å². The molecule has 1 aromatic heterocycles. The fraction of sp³-hybridized carbons (Fsp3) is 0.250. The van der Waals surface area contributed by atoms with Crippen molar-refractivity contribution in [1.82, 2.24) is 9.97 Å². The molecule has 2 heterocycles. The van der Waals surface area contributed by atoms with Gasteiger partial charge < -0.3 is 20.2 Å². The van der Waals surface area contributed by atoms with Crippen molar-refractivity contribution >= 4 is 29.1 Å². The van der Waals surface area contributed by atoms with Crippen LogP contribution in [-0.2, 0) is 11.2 Å². The number of nitrogens with zero attached hydrogens (tertiary/aromatic N) is 1. The smallest absolute Gasteiger partial charge is 0.253 e. The van der Waals surface area contributed by atoms with E-state index >= 15 is 0 Å². The van der Waals surface area contributed by atoms with Crippen LogP contribution in [0.25, 0.3) is 0 Å². The second-order valence-corrected chi connectivity index (χ2v) is 6.33. The van der Waals surface area contributed by atoms with Gasteiger partial charge in [0.2, 0.25) is 6.79 Å². The summed E-state index contributed by atoms with van der Waals surface area (Å²) in [5.41, 5.74) is 6.07. The number of fused-ring (bicyclic) bond motifs is 1. The number of thioether (sulfide) groups is 1. The number of hydrogen-bond acceptors (Lipinski definition) is 8. The number of carbonyl (C=O) groups excluding carboxylic acids is 2. The number of ether oxygens (including phenoxy) is 2. The summed E-state index contributed by atoms with van der Waals surface area (Å²) in [4.78, 5) is 42.0. The molecule has 8 nitrogen and oxygen atoms in total. The van der Waals surface area contributed by atoms with Gasteiger partial charge in [0.25, 0.3) is 5.56 Å². The monoisotopic (exact) mass is 361 g/mol. The van der Waals surface area contributed by atoms with Gasteiger partial charge in [-0.15, -0.1) is 0 Å². The van der Waals surface area contributed by atoms with Crippen molar-refractivity contribution in [3.8, 4) is 11.5 Å². The Morgan fingerprint density at radius 3 is 2.88 bits per heavy atom. The zero-order valence-electron chi connectivity index (χ0n) is 13.3. The largest absolute Gasteiger partial charge is 0.454 e. The maximum absolute atomic E-state index is 12.3. The molecule has 3 rings (SSSR count). The van der Waals surface area contributed by atoms with Crippen LogP contribution in [0.3, 0.4) is 0 Å². The van der Waals surface area contributed by atoms with E-state index in [-0.39, 0.29) is 47.1 Å². The SMILES string of the molecule is CC(=O)c1c(CC(=O)CSc2nc(N)cc(=O)[nH]2)ccc2c1OCO2. The minimum Gasteiger partial charge on any atom is -0.454 e. The second kappa shape index (κ2) is 6.98. The normalized spacial score (nSPS) is 12.2. The van der Waals surface area contributed by atoms with Gasteiger partial charge in [0.05, 0.1) is 11.3 Å². The van der Waals surface area contributed by atoms with E-state index in [4.69, 9.17) is 15.2 Å². The first-order chi connectivity index (χ1) is 11.9. The number of anilines is 1. The lowest BCUT2D eigenvalue weighted by atomic mass is 9.98. The summed E-state index contributed by atoms with van der Waals surface area (Å²) in [6.07, 6.45) is 0.0606. The van der Waals surface area contributed by atoms with Gasteiger partial charge in [-0.25, -0.2) is 4.98 Å². The van der Waals surface area contributed by atoms with Crippen molar-refractivity contribution in [1.29, 1.82) is 0 Å². The lowest BCUT2D eigenvalue weighted by Crippen LogP contribution is -2.13. The Balaban J connectivity index is 1.73. The number of nitrogen functional groups attached to an aromatic ring is 1. The van der Waals surface area contributed by atoms with E-state index in [1.807, 2.05) is 0 Å². The molecule has 0 radical (unpaired) electrons. The molecule has 0 spiro atoms. The predicted molar refractivity (Wildman–Crippen MR) is 91.3 cm³/mol. The molecule has 0 aliphatic carbocycles. The summed E-state index contributed by atoms with van der Waals surface area (Å²) in [6, 6.07) is 4.53. The molecule has 1 aromatic carbocycles. The van der Waals surface area contributed by atoms with Gasteiger partial charge >= 0.3 is 0 Å². The molecule has 0 saturated carbocycles. The highest BCUT2D eigenvalue weighted by molar-refractivity contribution is 7.99. The third-order valence-electron chi connectivity index (χ3n) is 3.47. The molecule has 0 atom stereocenters. The summed E-state index contributed by atoms with van der Waals surface area (Å²) < 4.78 is 10.6. The van der Waals surface area contributed by atoms with Crippen molar-refractivity contribution in [3.05, 3.63) is 39.7 Å². The number of carbonyl (C=O) groups is 2. The van der Waals surface area contributed by atoms with Crippen LogP contribution < -0.4 is 20.8 Å². The van der Waals surface area contributed by atoms with Gasteiger partial charge in [0.15, 0.2) is 22.4 Å². The quantitative estimate of drug-likeness (QED) is 0.446. The van der Waals surface area contributed by atoms with Gasteiger partial charge in [-0.3, -0.25) is 14.4 Å². The maximum Gasteiger partial charge on any atom is 0.253 e. The number of hydrogen-bond donors (Lipinski definition) is 2. The summed E-state index contributed by atoms with van der Waals surface area (Å²) in [6.45, 7) is 1.47. The van der Waals surface area contributed by atoms with Crippen LogP contribution >= 0.6 is 11.8 Å². The van der Waals surface area contributed by atoms with E-state index in [2.05, 4.69) is 9.97 Å². The number of Topliss-reactive ketones (excluding diaryl/α,β-unsaturated/α-hetero) is 2. The van der Waals surface area contributed by atoms with Crippen molar-refractivity contribution in [2.24, 2.45) is 0 Å². The third-order valence-corrected chi connectivity index (χ3v) is 4.41. The van der Waals surface area contributed by atoms with Gasteiger partial charge in [-0.05, 0) is 18.6 Å². The van der Waals surface area contributed by atoms with Gasteiger partial charge in [0.1, 0.15) is 11.6 Å². The molecule has 2 aromatic rings. The number of nitrogens with two attached hydrogens (primary N) is 1. The van der Waals surface area contributed by atoms with E-state index in [9.17, 15) is 14.4 Å². The zero-order valence-corrected chi connectivity index (χ0v) is 14.1. The highest BCUT2D eigenvalue weighted by Crippen LogP contribution is 2.38. The molecule has 0 fully saturated rings. The molecule has 3 N–H and O–H groups in total. The van der Waals surface area contributed by atoms with Crippen LogP contribution in [0.15, 0.2) is 28.2 Å². The predicted octanol–water partition coefficient (Wildman–Crippen LogP) is 1.19. The number of rotatable bonds is 6. The second-order valence-electron chi connectivity index (χ2n) is 5.37. The number of aromatic amines is 1. The van der Waals surface area contributed by atoms with Gasteiger partial charge in [0, 0.05) is 12.5 Å². The van der Waals surface area contributed by atoms with Gasteiger partial charge in [-0.2, -0.15) is 0 Å². The highest BCUT2D eigenvalue weighted by Gasteiger charge is 2.24.